The number of rotatable bonds is 6. The Kier molecular flexibility index (Phi) is 6.82. The second kappa shape index (κ2) is 7.34. The standard InChI is InChI=1S/C10H16O/c1-3-5-6-7-8-9-10(11)4-2/h1H,4-9H2,2H3. The lowest BCUT2D eigenvalue weighted by atomic mass is 10.1. The summed E-state index contributed by atoms with van der Waals surface area (Å²) in [6.45, 7) is 1.91. The van der Waals surface area contributed by atoms with E-state index in [1.165, 1.54) is 0 Å². The predicted molar refractivity (Wildman–Crippen MR) is 47.2 cm³/mol. The van der Waals surface area contributed by atoms with E-state index in [9.17, 15) is 4.79 Å². The van der Waals surface area contributed by atoms with Crippen molar-refractivity contribution in [3.63, 3.8) is 0 Å². The van der Waals surface area contributed by atoms with E-state index < -0.39 is 0 Å². The summed E-state index contributed by atoms with van der Waals surface area (Å²) in [5, 5.41) is 0. The SMILES string of the molecule is C#CCCCCCC(=O)CC. The number of terminal acetylenes is 1. The Bertz CT molecular complexity index is 141. The third-order valence-corrected chi connectivity index (χ3v) is 1.67. The molecule has 0 aliphatic carbocycles. The molecule has 0 heterocycles. The first-order valence-corrected chi connectivity index (χ1v) is 4.26. The topological polar surface area (TPSA) is 17.1 Å². The number of carbonyl (C=O) groups is 1. The Balaban J connectivity index is 3.03. The number of ketones is 1. The summed E-state index contributed by atoms with van der Waals surface area (Å²) in [4.78, 5) is 10.8. The van der Waals surface area contributed by atoms with Crippen molar-refractivity contribution >= 4 is 5.78 Å². The molecule has 0 saturated carbocycles. The third kappa shape index (κ3) is 7.12. The lowest BCUT2D eigenvalue weighted by Crippen LogP contribution is -1.93. The molecule has 0 N–H and O–H groups in total. The summed E-state index contributed by atoms with van der Waals surface area (Å²) in [6.07, 6.45) is 10.5. The fourth-order valence-corrected chi connectivity index (χ4v) is 0.903. The van der Waals surface area contributed by atoms with Crippen LogP contribution in [0.15, 0.2) is 0 Å². The Labute approximate surface area is 69.2 Å². The fraction of sp³-hybridized carbons (Fsp3) is 0.700. The monoisotopic (exact) mass is 152 g/mol. The lowest BCUT2D eigenvalue weighted by molar-refractivity contribution is -0.118. The molecule has 0 saturated heterocycles. The maximum atomic E-state index is 10.8. The quantitative estimate of drug-likeness (QED) is 0.422. The van der Waals surface area contributed by atoms with Gasteiger partial charge in [-0.2, -0.15) is 0 Å². The van der Waals surface area contributed by atoms with Gasteiger partial charge in [0, 0.05) is 19.3 Å². The van der Waals surface area contributed by atoms with Crippen LogP contribution in [-0.4, -0.2) is 5.78 Å². The van der Waals surface area contributed by atoms with Gasteiger partial charge in [-0.25, -0.2) is 0 Å². The molecule has 1 nitrogen and oxygen atoms in total. The molecule has 0 aliphatic rings. The Morgan fingerprint density at radius 3 is 2.64 bits per heavy atom. The maximum Gasteiger partial charge on any atom is 0.132 e. The highest BCUT2D eigenvalue weighted by molar-refractivity contribution is 5.77. The summed E-state index contributed by atoms with van der Waals surface area (Å²) in [5.41, 5.74) is 0. The zero-order chi connectivity index (χ0) is 8.53. The molecule has 0 aromatic carbocycles. The van der Waals surface area contributed by atoms with Crippen molar-refractivity contribution in [2.45, 2.75) is 45.4 Å². The highest BCUT2D eigenvalue weighted by atomic mass is 16.1. The zero-order valence-electron chi connectivity index (χ0n) is 7.23. The van der Waals surface area contributed by atoms with Crippen molar-refractivity contribution in [3.8, 4) is 12.3 Å². The average molecular weight is 152 g/mol. The molecule has 0 aromatic heterocycles. The van der Waals surface area contributed by atoms with Crippen LogP contribution in [0.25, 0.3) is 0 Å². The molecule has 0 radical (unpaired) electrons. The molecule has 11 heavy (non-hydrogen) atoms. The highest BCUT2D eigenvalue weighted by Gasteiger charge is 1.96. The van der Waals surface area contributed by atoms with Gasteiger partial charge in [0.15, 0.2) is 0 Å². The van der Waals surface area contributed by atoms with Crippen molar-refractivity contribution < 1.29 is 4.79 Å². The van der Waals surface area contributed by atoms with Crippen molar-refractivity contribution in [3.05, 3.63) is 0 Å². The number of hydrogen-bond acceptors (Lipinski definition) is 1. The van der Waals surface area contributed by atoms with Crippen LogP contribution < -0.4 is 0 Å². The minimum atomic E-state index is 0.366. The molecule has 0 rings (SSSR count). The third-order valence-electron chi connectivity index (χ3n) is 1.67. The van der Waals surface area contributed by atoms with Crippen LogP contribution >= 0.6 is 0 Å². The zero-order valence-corrected chi connectivity index (χ0v) is 7.23. The average Bonchev–Trinajstić information content (AvgIpc) is 2.04. The molecular weight excluding hydrogens is 136 g/mol. The van der Waals surface area contributed by atoms with Gasteiger partial charge in [0.1, 0.15) is 5.78 Å². The van der Waals surface area contributed by atoms with Gasteiger partial charge in [0.2, 0.25) is 0 Å². The number of unbranched alkanes of at least 4 members (excludes halogenated alkanes) is 3. The van der Waals surface area contributed by atoms with Gasteiger partial charge < -0.3 is 0 Å². The normalized spacial score (nSPS) is 9.09. The number of carbonyl (C=O) groups excluding carboxylic acids is 1. The molecule has 0 bridgehead atoms. The molecule has 62 valence electrons. The van der Waals surface area contributed by atoms with Crippen molar-refractivity contribution in [2.75, 3.05) is 0 Å². The molecule has 0 atom stereocenters. The van der Waals surface area contributed by atoms with Gasteiger partial charge >= 0.3 is 0 Å². The summed E-state index contributed by atoms with van der Waals surface area (Å²) in [6, 6.07) is 0. The Hall–Kier alpha value is -0.770. The highest BCUT2D eigenvalue weighted by Crippen LogP contribution is 2.03. The minimum absolute atomic E-state index is 0.366. The van der Waals surface area contributed by atoms with Crippen LogP contribution in [0, 0.1) is 12.3 Å². The maximum absolute atomic E-state index is 10.8. The van der Waals surface area contributed by atoms with E-state index in [0.29, 0.717) is 12.2 Å². The number of hydrogen-bond donors (Lipinski definition) is 0. The molecule has 0 unspecified atom stereocenters. The van der Waals surface area contributed by atoms with Crippen LogP contribution in [0.4, 0.5) is 0 Å². The first-order chi connectivity index (χ1) is 5.31. The second-order valence-electron chi connectivity index (χ2n) is 2.66. The van der Waals surface area contributed by atoms with Crippen molar-refractivity contribution in [1.82, 2.24) is 0 Å². The molecular formula is C10H16O. The van der Waals surface area contributed by atoms with Gasteiger partial charge in [-0.05, 0) is 12.8 Å². The summed E-state index contributed by atoms with van der Waals surface area (Å²) < 4.78 is 0. The van der Waals surface area contributed by atoms with E-state index in [1.807, 2.05) is 6.92 Å². The molecule has 0 amide bonds. The smallest absolute Gasteiger partial charge is 0.132 e. The van der Waals surface area contributed by atoms with E-state index in [2.05, 4.69) is 5.92 Å². The van der Waals surface area contributed by atoms with E-state index in [1.54, 1.807) is 0 Å². The molecule has 0 spiro atoms. The van der Waals surface area contributed by atoms with Gasteiger partial charge in [0.05, 0.1) is 0 Å². The summed E-state index contributed by atoms with van der Waals surface area (Å²) in [5.74, 6) is 2.95. The first kappa shape index (κ1) is 10.2. The molecule has 1 heteroatoms. The minimum Gasteiger partial charge on any atom is -0.300 e. The van der Waals surface area contributed by atoms with Gasteiger partial charge in [-0.15, -0.1) is 12.3 Å². The summed E-state index contributed by atoms with van der Waals surface area (Å²) in [7, 11) is 0. The molecule has 0 aromatic rings. The van der Waals surface area contributed by atoms with Crippen molar-refractivity contribution in [1.29, 1.82) is 0 Å². The Morgan fingerprint density at radius 1 is 1.36 bits per heavy atom. The van der Waals surface area contributed by atoms with Gasteiger partial charge in [0.25, 0.3) is 0 Å². The fourth-order valence-electron chi connectivity index (χ4n) is 0.903. The molecule has 0 fully saturated rings. The van der Waals surface area contributed by atoms with Crippen molar-refractivity contribution in [2.24, 2.45) is 0 Å². The van der Waals surface area contributed by atoms with Crippen LogP contribution in [0.3, 0.4) is 0 Å². The Morgan fingerprint density at radius 2 is 2.09 bits per heavy atom. The van der Waals surface area contributed by atoms with E-state index in [0.717, 1.165) is 32.1 Å². The van der Waals surface area contributed by atoms with Gasteiger partial charge in [-0.3, -0.25) is 4.79 Å². The van der Waals surface area contributed by atoms with Gasteiger partial charge in [-0.1, -0.05) is 13.3 Å². The first-order valence-electron chi connectivity index (χ1n) is 4.26. The van der Waals surface area contributed by atoms with E-state index in [4.69, 9.17) is 6.42 Å². The predicted octanol–water partition coefficient (Wildman–Crippen LogP) is 2.55. The summed E-state index contributed by atoms with van der Waals surface area (Å²) >= 11 is 0. The van der Waals surface area contributed by atoms with Crippen LogP contribution in [0.5, 0.6) is 0 Å². The lowest BCUT2D eigenvalue weighted by Gasteiger charge is -1.95. The van der Waals surface area contributed by atoms with E-state index in [-0.39, 0.29) is 0 Å². The van der Waals surface area contributed by atoms with Crippen LogP contribution in [0.2, 0.25) is 0 Å². The molecule has 0 aliphatic heterocycles. The second-order valence-corrected chi connectivity index (χ2v) is 2.66. The van der Waals surface area contributed by atoms with Crippen LogP contribution in [0.1, 0.15) is 45.4 Å². The number of Topliss-reactive ketones (excluding diaryl/α,β-unsaturated/α-hetero) is 1. The van der Waals surface area contributed by atoms with E-state index >= 15 is 0 Å². The van der Waals surface area contributed by atoms with Crippen LogP contribution in [-0.2, 0) is 4.79 Å². The largest absolute Gasteiger partial charge is 0.300 e.